The Morgan fingerprint density at radius 2 is 0.870 bits per heavy atom. The number of pyridine rings is 1. The monoisotopic (exact) mass is 727 g/mol. The fraction of sp³-hybridized carbons (Fsp3) is 0.326. The van der Waals surface area contributed by atoms with Crippen molar-refractivity contribution in [3.05, 3.63) is 112 Å². The van der Waals surface area contributed by atoms with Crippen molar-refractivity contribution >= 4 is 45.4 Å². The number of hydrogen-bond acceptors (Lipinski definition) is 9. The summed E-state index contributed by atoms with van der Waals surface area (Å²) in [6.07, 6.45) is 0. The number of carbonyl (C=O) groups excluding carboxylic acids is 4. The van der Waals surface area contributed by atoms with Gasteiger partial charge in [-0.2, -0.15) is 0 Å². The second-order valence-electron chi connectivity index (χ2n) is 13.5. The molecule has 54 heavy (non-hydrogen) atoms. The summed E-state index contributed by atoms with van der Waals surface area (Å²) >= 11 is 0. The molecule has 278 valence electrons. The lowest BCUT2D eigenvalue weighted by Gasteiger charge is -2.23. The number of amides is 4. The maximum absolute atomic E-state index is 13.6. The second kappa shape index (κ2) is 15.8. The molecule has 0 aliphatic carbocycles. The molecule has 0 spiro atoms. The molecule has 0 unspecified atom stereocenters. The molecule has 0 bridgehead atoms. The Morgan fingerprint density at radius 1 is 0.519 bits per heavy atom. The maximum Gasteiger partial charge on any atom is 0.261 e. The summed E-state index contributed by atoms with van der Waals surface area (Å²) in [6, 6.07) is 23.3. The summed E-state index contributed by atoms with van der Waals surface area (Å²) < 4.78 is 12.8. The third-order valence-corrected chi connectivity index (χ3v) is 10.6. The fourth-order valence-corrected chi connectivity index (χ4v) is 7.36. The van der Waals surface area contributed by atoms with Crippen molar-refractivity contribution in [1.29, 1.82) is 0 Å². The summed E-state index contributed by atoms with van der Waals surface area (Å²) in [5, 5.41) is 1.57. The SMILES string of the molecule is CCN(CC)CCOc1ccc2cc3ccc(OCCN(CC)CC)c(CN4C(=O)c5ccccc5C4=O)c3nc2c1CN1C(=O)c2ccccc2C1=O. The first-order chi connectivity index (χ1) is 26.3. The number of fused-ring (bicyclic) bond motifs is 4. The standard InChI is InChI=1S/C43H45N5O6/c1-5-45(6-2)21-23-53-36-19-17-28-25-29-18-20-37(54-24-22-46(7-3)8-4)35(27-48-42(51)32-15-11-12-16-33(32)43(48)52)39(29)44-38(28)34(36)26-47-40(49)30-13-9-10-14-31(30)41(47)50/h9-20,25H,5-8,21-24,26-27H2,1-4H3. The zero-order chi connectivity index (χ0) is 37.9. The third-order valence-electron chi connectivity index (χ3n) is 10.6. The quantitative estimate of drug-likeness (QED) is 0.0840. The van der Waals surface area contributed by atoms with Crippen LogP contribution in [0, 0.1) is 0 Å². The smallest absolute Gasteiger partial charge is 0.261 e. The highest BCUT2D eigenvalue weighted by Gasteiger charge is 2.37. The van der Waals surface area contributed by atoms with Crippen LogP contribution in [-0.4, -0.2) is 101 Å². The molecular formula is C43H45N5O6. The predicted octanol–water partition coefficient (Wildman–Crippen LogP) is 6.42. The van der Waals surface area contributed by atoms with Gasteiger partial charge in [0.25, 0.3) is 23.6 Å². The lowest BCUT2D eigenvalue weighted by atomic mass is 10.0. The molecule has 11 heteroatoms. The van der Waals surface area contributed by atoms with Crippen molar-refractivity contribution in [3.8, 4) is 11.5 Å². The molecule has 0 atom stereocenters. The average Bonchev–Trinajstić information content (AvgIpc) is 3.59. The Balaban J connectivity index is 1.35. The minimum atomic E-state index is -0.377. The van der Waals surface area contributed by atoms with Gasteiger partial charge < -0.3 is 19.3 Å². The van der Waals surface area contributed by atoms with Crippen LogP contribution in [0.3, 0.4) is 0 Å². The van der Waals surface area contributed by atoms with E-state index in [1.807, 2.05) is 30.3 Å². The number of likely N-dealkylation sites (N-methyl/N-ethyl adjacent to an activating group) is 2. The molecule has 0 N–H and O–H groups in total. The van der Waals surface area contributed by atoms with E-state index in [0.29, 0.717) is 82.2 Å². The number of benzene rings is 4. The van der Waals surface area contributed by atoms with Crippen molar-refractivity contribution in [2.24, 2.45) is 0 Å². The van der Waals surface area contributed by atoms with E-state index < -0.39 is 0 Å². The number of carbonyl (C=O) groups is 4. The van der Waals surface area contributed by atoms with Crippen molar-refractivity contribution in [2.45, 2.75) is 40.8 Å². The number of imide groups is 2. The molecule has 0 radical (unpaired) electrons. The fourth-order valence-electron chi connectivity index (χ4n) is 7.36. The molecule has 11 nitrogen and oxygen atoms in total. The van der Waals surface area contributed by atoms with E-state index in [4.69, 9.17) is 14.5 Å². The highest BCUT2D eigenvalue weighted by molar-refractivity contribution is 6.22. The highest BCUT2D eigenvalue weighted by Crippen LogP contribution is 2.37. The highest BCUT2D eigenvalue weighted by atomic mass is 16.5. The number of hydrogen-bond donors (Lipinski definition) is 0. The maximum atomic E-state index is 13.6. The van der Waals surface area contributed by atoms with E-state index in [1.165, 1.54) is 9.80 Å². The molecule has 0 fully saturated rings. The Bertz CT molecular complexity index is 2040. The lowest BCUT2D eigenvalue weighted by molar-refractivity contribution is 0.0626. The Labute approximate surface area is 315 Å². The Morgan fingerprint density at radius 3 is 1.20 bits per heavy atom. The van der Waals surface area contributed by atoms with Gasteiger partial charge in [-0.15, -0.1) is 0 Å². The van der Waals surface area contributed by atoms with Crippen LogP contribution in [0.2, 0.25) is 0 Å². The molecule has 0 saturated carbocycles. The van der Waals surface area contributed by atoms with Crippen LogP contribution in [0.25, 0.3) is 21.8 Å². The Kier molecular flexibility index (Phi) is 10.7. The molecule has 1 aromatic heterocycles. The zero-order valence-corrected chi connectivity index (χ0v) is 31.3. The van der Waals surface area contributed by atoms with Crippen molar-refractivity contribution in [1.82, 2.24) is 24.6 Å². The van der Waals surface area contributed by atoms with Crippen LogP contribution in [0.1, 0.15) is 80.3 Å². The minimum absolute atomic E-state index is 0.0589. The molecular weight excluding hydrogens is 683 g/mol. The molecule has 0 saturated heterocycles. The summed E-state index contributed by atoms with van der Waals surface area (Å²) in [5.74, 6) is -0.469. The van der Waals surface area contributed by atoms with Gasteiger partial charge in [0.15, 0.2) is 0 Å². The topological polar surface area (TPSA) is 113 Å². The van der Waals surface area contributed by atoms with E-state index in [2.05, 4.69) is 37.5 Å². The van der Waals surface area contributed by atoms with Gasteiger partial charge in [0.05, 0.1) is 46.4 Å². The van der Waals surface area contributed by atoms with Gasteiger partial charge in [0.1, 0.15) is 24.7 Å². The van der Waals surface area contributed by atoms with Gasteiger partial charge in [0.2, 0.25) is 0 Å². The minimum Gasteiger partial charge on any atom is -0.492 e. The van der Waals surface area contributed by atoms with E-state index in [0.717, 1.165) is 37.0 Å². The molecule has 4 amide bonds. The summed E-state index contributed by atoms with van der Waals surface area (Å²) in [4.78, 5) is 66.8. The third kappa shape index (κ3) is 6.81. The van der Waals surface area contributed by atoms with Crippen LogP contribution >= 0.6 is 0 Å². The first-order valence-electron chi connectivity index (χ1n) is 18.8. The molecule has 2 aliphatic heterocycles. The van der Waals surface area contributed by atoms with E-state index >= 15 is 0 Å². The molecule has 7 rings (SSSR count). The van der Waals surface area contributed by atoms with Crippen LogP contribution in [0.5, 0.6) is 11.5 Å². The van der Waals surface area contributed by atoms with Crippen molar-refractivity contribution in [2.75, 3.05) is 52.5 Å². The lowest BCUT2D eigenvalue weighted by Crippen LogP contribution is -2.30. The van der Waals surface area contributed by atoms with Crippen LogP contribution in [0.15, 0.2) is 78.9 Å². The number of aromatic nitrogens is 1. The normalized spacial score (nSPS) is 14.0. The van der Waals surface area contributed by atoms with E-state index in [9.17, 15) is 19.2 Å². The van der Waals surface area contributed by atoms with E-state index in [-0.39, 0.29) is 36.7 Å². The predicted molar refractivity (Wildman–Crippen MR) is 207 cm³/mol. The molecule has 3 heterocycles. The van der Waals surface area contributed by atoms with Crippen LogP contribution in [-0.2, 0) is 13.1 Å². The number of ether oxygens (including phenoxy) is 2. The number of nitrogens with zero attached hydrogens (tertiary/aromatic N) is 5. The second-order valence-corrected chi connectivity index (χ2v) is 13.5. The summed E-state index contributed by atoms with van der Waals surface area (Å²) in [5.41, 5.74) is 3.71. The van der Waals surface area contributed by atoms with Gasteiger partial charge in [-0.1, -0.05) is 52.0 Å². The van der Waals surface area contributed by atoms with Gasteiger partial charge in [0, 0.05) is 35.0 Å². The van der Waals surface area contributed by atoms with Crippen molar-refractivity contribution in [3.63, 3.8) is 0 Å². The number of rotatable bonds is 16. The first kappa shape index (κ1) is 36.7. The molecule has 2 aliphatic rings. The summed E-state index contributed by atoms with van der Waals surface area (Å²) in [7, 11) is 0. The average molecular weight is 728 g/mol. The molecule has 5 aromatic rings. The van der Waals surface area contributed by atoms with Gasteiger partial charge in [-0.3, -0.25) is 29.0 Å². The van der Waals surface area contributed by atoms with Gasteiger partial charge in [-0.25, -0.2) is 4.98 Å². The summed E-state index contributed by atoms with van der Waals surface area (Å²) in [6.45, 7) is 14.0. The van der Waals surface area contributed by atoms with Gasteiger partial charge >= 0.3 is 0 Å². The van der Waals surface area contributed by atoms with E-state index in [1.54, 1.807) is 48.5 Å². The van der Waals surface area contributed by atoms with Crippen LogP contribution in [0.4, 0.5) is 0 Å². The molecule has 4 aromatic carbocycles. The zero-order valence-electron chi connectivity index (χ0n) is 31.3. The van der Waals surface area contributed by atoms with Crippen LogP contribution < -0.4 is 9.47 Å². The Hall–Kier alpha value is -5.65. The van der Waals surface area contributed by atoms with Crippen molar-refractivity contribution < 1.29 is 28.7 Å². The largest absolute Gasteiger partial charge is 0.492 e. The van der Waals surface area contributed by atoms with Gasteiger partial charge in [-0.05, 0) is 80.8 Å². The first-order valence-corrected chi connectivity index (χ1v) is 18.8.